The van der Waals surface area contributed by atoms with Crippen LogP contribution in [0.4, 0.5) is 13.2 Å². The van der Waals surface area contributed by atoms with E-state index in [0.29, 0.717) is 11.6 Å². The number of carbonyl (C=O) groups excluding carboxylic acids is 1. The Balaban J connectivity index is 1.86. The van der Waals surface area contributed by atoms with Gasteiger partial charge < -0.3 is 14.6 Å². The molecule has 1 unspecified atom stereocenters. The molecule has 5 nitrogen and oxygen atoms in total. The fourth-order valence-electron chi connectivity index (χ4n) is 4.58. The van der Waals surface area contributed by atoms with Gasteiger partial charge >= 0.3 is 12.1 Å². The van der Waals surface area contributed by atoms with E-state index in [1.165, 1.54) is 6.42 Å². The van der Waals surface area contributed by atoms with Crippen molar-refractivity contribution in [3.63, 3.8) is 0 Å². The number of hydrogen-bond acceptors (Lipinski definition) is 2. The number of likely N-dealkylation sites (tertiary alicyclic amines) is 1. The van der Waals surface area contributed by atoms with Crippen LogP contribution in [0.2, 0.25) is 0 Å². The second-order valence-electron chi connectivity index (χ2n) is 7.81. The average molecular weight is 386 g/mol. The Bertz CT molecular complexity index is 750. The van der Waals surface area contributed by atoms with Crippen LogP contribution < -0.4 is 0 Å². The van der Waals surface area contributed by atoms with Crippen molar-refractivity contribution in [3.8, 4) is 0 Å². The summed E-state index contributed by atoms with van der Waals surface area (Å²) in [7, 11) is 0. The Morgan fingerprint density at radius 3 is 2.33 bits per heavy atom. The van der Waals surface area contributed by atoms with Crippen molar-refractivity contribution in [2.45, 2.75) is 64.6 Å². The summed E-state index contributed by atoms with van der Waals surface area (Å²) in [6.07, 6.45) is 0.0113. The van der Waals surface area contributed by atoms with Gasteiger partial charge in [0, 0.05) is 30.5 Å². The van der Waals surface area contributed by atoms with E-state index in [-0.39, 0.29) is 6.54 Å². The summed E-state index contributed by atoms with van der Waals surface area (Å²) >= 11 is 0. The highest BCUT2D eigenvalue weighted by atomic mass is 19.4. The predicted molar refractivity (Wildman–Crippen MR) is 92.7 cm³/mol. The first-order valence-electron chi connectivity index (χ1n) is 9.36. The van der Waals surface area contributed by atoms with Crippen molar-refractivity contribution in [3.05, 3.63) is 23.0 Å². The molecular formula is C19H25F3N2O3. The normalized spacial score (nSPS) is 24.4. The summed E-state index contributed by atoms with van der Waals surface area (Å²) in [5.74, 6) is -2.43. The molecular weight excluding hydrogens is 361 g/mol. The number of rotatable bonds is 3. The second kappa shape index (κ2) is 6.87. The van der Waals surface area contributed by atoms with Crippen LogP contribution in [0.25, 0.3) is 0 Å². The van der Waals surface area contributed by atoms with Crippen LogP contribution in [-0.2, 0) is 4.79 Å². The first-order chi connectivity index (χ1) is 12.6. The third-order valence-electron chi connectivity index (χ3n) is 6.16. The number of hydrogen-bond donors (Lipinski definition) is 1. The van der Waals surface area contributed by atoms with Gasteiger partial charge in [0.25, 0.3) is 5.91 Å². The van der Waals surface area contributed by atoms with E-state index in [2.05, 4.69) is 4.57 Å². The number of amides is 1. The van der Waals surface area contributed by atoms with Gasteiger partial charge in [0.1, 0.15) is 0 Å². The maximum atomic E-state index is 13.4. The van der Waals surface area contributed by atoms with Crippen LogP contribution in [-0.4, -0.2) is 45.7 Å². The summed E-state index contributed by atoms with van der Waals surface area (Å²) in [4.78, 5) is 25.3. The fourth-order valence-corrected chi connectivity index (χ4v) is 4.58. The SMILES string of the molecule is Cc1cc(C(=O)N2CCC(C(=O)O)(C(F)(F)F)C2)c(C)n1C1CCCCC1. The number of carbonyl (C=O) groups is 2. The summed E-state index contributed by atoms with van der Waals surface area (Å²) < 4.78 is 42.2. The van der Waals surface area contributed by atoms with Crippen molar-refractivity contribution >= 4 is 11.9 Å². The van der Waals surface area contributed by atoms with Crippen LogP contribution in [0.1, 0.15) is 66.3 Å². The molecule has 1 aliphatic heterocycles. The first-order valence-corrected chi connectivity index (χ1v) is 9.36. The Kier molecular flexibility index (Phi) is 5.03. The summed E-state index contributed by atoms with van der Waals surface area (Å²) in [5.41, 5.74) is -0.828. The Morgan fingerprint density at radius 2 is 1.81 bits per heavy atom. The zero-order valence-electron chi connectivity index (χ0n) is 15.6. The van der Waals surface area contributed by atoms with E-state index in [1.807, 2.05) is 13.8 Å². The molecule has 150 valence electrons. The number of aryl methyl sites for hydroxylation is 1. The van der Waals surface area contributed by atoms with Crippen LogP contribution in [0.15, 0.2) is 6.07 Å². The molecule has 0 aromatic carbocycles. The Hall–Kier alpha value is -1.99. The van der Waals surface area contributed by atoms with Gasteiger partial charge in [-0.15, -0.1) is 0 Å². The van der Waals surface area contributed by atoms with Gasteiger partial charge in [-0.1, -0.05) is 19.3 Å². The minimum absolute atomic E-state index is 0.211. The molecule has 27 heavy (non-hydrogen) atoms. The van der Waals surface area contributed by atoms with Crippen LogP contribution in [0.3, 0.4) is 0 Å². The summed E-state index contributed by atoms with van der Waals surface area (Å²) in [6, 6.07) is 2.04. The molecule has 1 N–H and O–H groups in total. The number of halogens is 3. The molecule has 1 saturated carbocycles. The standard InChI is InChI=1S/C19H25F3N2O3/c1-12-10-15(13(2)24(12)14-6-4-3-5-7-14)16(25)23-9-8-18(11-23,17(26)27)19(20,21)22/h10,14H,3-9,11H2,1-2H3,(H,26,27). The average Bonchev–Trinajstić information content (AvgIpc) is 3.17. The van der Waals surface area contributed by atoms with E-state index in [4.69, 9.17) is 0 Å². The van der Waals surface area contributed by atoms with Crippen molar-refractivity contribution in [2.75, 3.05) is 13.1 Å². The van der Waals surface area contributed by atoms with Crippen LogP contribution in [0.5, 0.6) is 0 Å². The predicted octanol–water partition coefficient (Wildman–Crippen LogP) is 4.09. The number of nitrogens with zero attached hydrogens (tertiary/aromatic N) is 2. The van der Waals surface area contributed by atoms with Gasteiger partial charge in [-0.2, -0.15) is 13.2 Å². The third kappa shape index (κ3) is 3.23. The molecule has 0 spiro atoms. The minimum atomic E-state index is -4.90. The largest absolute Gasteiger partial charge is 0.481 e. The zero-order chi connectivity index (χ0) is 20.0. The molecule has 3 rings (SSSR count). The van der Waals surface area contributed by atoms with Gasteiger partial charge in [0.2, 0.25) is 0 Å². The van der Waals surface area contributed by atoms with Crippen molar-refractivity contribution in [2.24, 2.45) is 5.41 Å². The van der Waals surface area contributed by atoms with E-state index in [1.54, 1.807) is 6.07 Å². The third-order valence-corrected chi connectivity index (χ3v) is 6.16. The van der Waals surface area contributed by atoms with E-state index in [9.17, 15) is 27.9 Å². The van der Waals surface area contributed by atoms with E-state index in [0.717, 1.165) is 42.0 Å². The number of aliphatic carboxylic acids is 1. The maximum Gasteiger partial charge on any atom is 0.406 e. The molecule has 2 heterocycles. The summed E-state index contributed by atoms with van der Waals surface area (Å²) in [5, 5.41) is 9.18. The lowest BCUT2D eigenvalue weighted by Gasteiger charge is -2.27. The molecule has 0 radical (unpaired) electrons. The van der Waals surface area contributed by atoms with Crippen molar-refractivity contribution in [1.29, 1.82) is 0 Å². The number of alkyl halides is 3. The molecule has 1 saturated heterocycles. The molecule has 1 aromatic rings. The number of carboxylic acids is 1. The molecule has 1 amide bonds. The highest BCUT2D eigenvalue weighted by Crippen LogP contribution is 2.46. The monoisotopic (exact) mass is 386 g/mol. The van der Waals surface area contributed by atoms with Gasteiger partial charge in [0.05, 0.1) is 5.56 Å². The number of carboxylic acid groups (broad SMARTS) is 1. The molecule has 1 aromatic heterocycles. The quantitative estimate of drug-likeness (QED) is 0.851. The van der Waals surface area contributed by atoms with Gasteiger partial charge in [-0.3, -0.25) is 9.59 Å². The van der Waals surface area contributed by atoms with Gasteiger partial charge in [-0.05, 0) is 39.2 Å². The van der Waals surface area contributed by atoms with Gasteiger partial charge in [0.15, 0.2) is 5.41 Å². The lowest BCUT2D eigenvalue weighted by molar-refractivity contribution is -0.227. The van der Waals surface area contributed by atoms with Crippen LogP contribution >= 0.6 is 0 Å². The zero-order valence-corrected chi connectivity index (χ0v) is 15.6. The second-order valence-corrected chi connectivity index (χ2v) is 7.81. The highest BCUT2D eigenvalue weighted by molar-refractivity contribution is 5.96. The van der Waals surface area contributed by atoms with E-state index < -0.39 is 36.4 Å². The van der Waals surface area contributed by atoms with Crippen LogP contribution in [0, 0.1) is 19.3 Å². The molecule has 2 aliphatic rings. The van der Waals surface area contributed by atoms with Gasteiger partial charge in [-0.25, -0.2) is 0 Å². The number of aromatic nitrogens is 1. The molecule has 2 fully saturated rings. The Morgan fingerprint density at radius 1 is 1.19 bits per heavy atom. The first kappa shape index (κ1) is 19.8. The molecule has 0 bridgehead atoms. The lowest BCUT2D eigenvalue weighted by atomic mass is 9.86. The summed E-state index contributed by atoms with van der Waals surface area (Å²) in [6.45, 7) is 2.67. The fraction of sp³-hybridized carbons (Fsp3) is 0.684. The minimum Gasteiger partial charge on any atom is -0.481 e. The smallest absolute Gasteiger partial charge is 0.406 e. The topological polar surface area (TPSA) is 62.5 Å². The van der Waals surface area contributed by atoms with Crippen molar-refractivity contribution in [1.82, 2.24) is 9.47 Å². The molecule has 1 atom stereocenters. The lowest BCUT2D eigenvalue weighted by Crippen LogP contribution is -2.47. The van der Waals surface area contributed by atoms with E-state index >= 15 is 0 Å². The molecule has 8 heteroatoms. The Labute approximate surface area is 156 Å². The highest BCUT2D eigenvalue weighted by Gasteiger charge is 2.64. The maximum absolute atomic E-state index is 13.4. The van der Waals surface area contributed by atoms with Crippen molar-refractivity contribution < 1.29 is 27.9 Å². The molecule has 1 aliphatic carbocycles.